The van der Waals surface area contributed by atoms with Crippen molar-refractivity contribution in [1.82, 2.24) is 10.4 Å². The fraction of sp³-hybridized carbons (Fsp3) is 0.708. The lowest BCUT2D eigenvalue weighted by Crippen LogP contribution is -2.36. The van der Waals surface area contributed by atoms with E-state index in [0.29, 0.717) is 24.9 Å². The first-order chi connectivity index (χ1) is 14.2. The lowest BCUT2D eigenvalue weighted by Gasteiger charge is -2.26. The van der Waals surface area contributed by atoms with Crippen LogP contribution in [0.1, 0.15) is 71.1 Å². The first-order valence-corrected chi connectivity index (χ1v) is 11.6. The summed E-state index contributed by atoms with van der Waals surface area (Å²) in [5.74, 6) is 1.21. The zero-order chi connectivity index (χ0) is 20.5. The molecule has 2 aliphatic carbocycles. The number of nitrogens with zero attached hydrogens (tertiary/aromatic N) is 1. The third kappa shape index (κ3) is 6.71. The number of unbranched alkanes of at least 4 members (excludes halogenated alkanes) is 2. The van der Waals surface area contributed by atoms with Crippen molar-refractivity contribution in [2.75, 3.05) is 19.7 Å². The Hall–Kier alpha value is -1.59. The number of aliphatic hydroxyl groups is 1. The summed E-state index contributed by atoms with van der Waals surface area (Å²) in [4.78, 5) is 19.7. The van der Waals surface area contributed by atoms with E-state index < -0.39 is 0 Å². The van der Waals surface area contributed by atoms with Crippen molar-refractivity contribution in [3.8, 4) is 0 Å². The maximum atomic E-state index is 12.2. The lowest BCUT2D eigenvalue weighted by molar-refractivity contribution is -0.133. The molecule has 0 spiro atoms. The molecular weight excluding hydrogens is 364 g/mol. The third-order valence-corrected chi connectivity index (χ3v) is 6.36. The highest BCUT2D eigenvalue weighted by molar-refractivity contribution is 5.76. The Balaban J connectivity index is 1.36. The molecule has 5 nitrogen and oxygen atoms in total. The van der Waals surface area contributed by atoms with Gasteiger partial charge in [0.15, 0.2) is 0 Å². The van der Waals surface area contributed by atoms with Crippen molar-refractivity contribution in [2.45, 2.75) is 77.2 Å². The Labute approximate surface area is 175 Å². The van der Waals surface area contributed by atoms with Crippen molar-refractivity contribution in [1.29, 1.82) is 0 Å². The van der Waals surface area contributed by atoms with Crippen molar-refractivity contribution in [2.24, 2.45) is 11.8 Å². The number of fused-ring (bicyclic) bond motifs is 1. The van der Waals surface area contributed by atoms with Crippen molar-refractivity contribution >= 4 is 5.91 Å². The summed E-state index contributed by atoms with van der Waals surface area (Å²) < 4.78 is 0. The van der Waals surface area contributed by atoms with Gasteiger partial charge < -0.3 is 10.0 Å². The molecule has 0 radical (unpaired) electrons. The number of likely N-dealkylation sites (tertiary alicyclic amines) is 1. The number of carbonyl (C=O) groups excluding carboxylic acids is 1. The van der Waals surface area contributed by atoms with Gasteiger partial charge in [-0.25, -0.2) is 0 Å². The van der Waals surface area contributed by atoms with E-state index in [1.807, 2.05) is 11.0 Å². The first kappa shape index (κ1) is 22.1. The van der Waals surface area contributed by atoms with Gasteiger partial charge in [-0.1, -0.05) is 50.5 Å². The quantitative estimate of drug-likeness (QED) is 0.400. The highest BCUT2D eigenvalue weighted by atomic mass is 16.6. The van der Waals surface area contributed by atoms with E-state index in [2.05, 4.69) is 30.6 Å². The summed E-state index contributed by atoms with van der Waals surface area (Å²) in [5, 5.41) is 10.1. The highest BCUT2D eigenvalue weighted by Gasteiger charge is 2.33. The van der Waals surface area contributed by atoms with Crippen LogP contribution in [0, 0.1) is 11.8 Å². The molecule has 0 aromatic heterocycles. The van der Waals surface area contributed by atoms with Crippen molar-refractivity contribution < 1.29 is 14.7 Å². The minimum atomic E-state index is -0.342. The van der Waals surface area contributed by atoms with Crippen LogP contribution in [-0.4, -0.2) is 41.7 Å². The van der Waals surface area contributed by atoms with Gasteiger partial charge in [0.05, 0.1) is 19.1 Å². The number of hydrogen-bond donors (Lipinski definition) is 2. The standard InChI is InChI=1S/C24H38N2O3/c1-2-3-5-8-22(27)12-11-19-9-10-20-17-21(18-23(19)20)25-29-16-13-24(28)26-14-6-4-7-15-26/h9,11-12,18,20,22-23,25,27H,2-8,10,13-17H2,1H3/t20-,22?,23+/m1/s1. The van der Waals surface area contributed by atoms with Crippen LogP contribution < -0.4 is 5.48 Å². The van der Waals surface area contributed by atoms with Crippen LogP contribution in [0.15, 0.2) is 35.6 Å². The minimum absolute atomic E-state index is 0.205. The molecule has 0 bridgehead atoms. The van der Waals surface area contributed by atoms with Gasteiger partial charge in [0.2, 0.25) is 5.91 Å². The SMILES string of the molecule is CCCCCC(O)C=CC1=CC[C@@H]2CC(NOCCC(=O)N3CCCCC3)=C[C@@H]12. The molecule has 2 N–H and O–H groups in total. The Morgan fingerprint density at radius 3 is 2.97 bits per heavy atom. The average molecular weight is 403 g/mol. The van der Waals surface area contributed by atoms with Gasteiger partial charge in [-0.05, 0) is 50.0 Å². The second-order valence-electron chi connectivity index (χ2n) is 8.69. The lowest BCUT2D eigenvalue weighted by atomic mass is 9.94. The Kier molecular flexibility index (Phi) is 8.81. The van der Waals surface area contributed by atoms with Crippen molar-refractivity contribution in [3.05, 3.63) is 35.6 Å². The Bertz CT molecular complexity index is 620. The van der Waals surface area contributed by atoms with Gasteiger partial charge >= 0.3 is 0 Å². The maximum Gasteiger partial charge on any atom is 0.224 e. The van der Waals surface area contributed by atoms with Crippen LogP contribution in [-0.2, 0) is 9.63 Å². The molecule has 1 aliphatic heterocycles. The fourth-order valence-corrected chi connectivity index (χ4v) is 4.61. The molecule has 3 atom stereocenters. The second-order valence-corrected chi connectivity index (χ2v) is 8.69. The highest BCUT2D eigenvalue weighted by Crippen LogP contribution is 2.42. The summed E-state index contributed by atoms with van der Waals surface area (Å²) in [7, 11) is 0. The molecule has 1 fully saturated rings. The molecule has 3 aliphatic rings. The van der Waals surface area contributed by atoms with E-state index in [1.54, 1.807) is 0 Å². The Morgan fingerprint density at radius 1 is 1.34 bits per heavy atom. The predicted octanol–water partition coefficient (Wildman–Crippen LogP) is 4.26. The van der Waals surface area contributed by atoms with E-state index in [1.165, 1.54) is 24.8 Å². The van der Waals surface area contributed by atoms with Crippen LogP contribution in [0.3, 0.4) is 0 Å². The molecule has 1 heterocycles. The van der Waals surface area contributed by atoms with Gasteiger partial charge in [-0.3, -0.25) is 15.1 Å². The fourth-order valence-electron chi connectivity index (χ4n) is 4.61. The molecule has 162 valence electrons. The number of amides is 1. The first-order valence-electron chi connectivity index (χ1n) is 11.6. The molecule has 0 saturated carbocycles. The normalized spacial score (nSPS) is 25.1. The molecule has 1 amide bonds. The van der Waals surface area contributed by atoms with Crippen LogP contribution >= 0.6 is 0 Å². The maximum absolute atomic E-state index is 12.2. The summed E-state index contributed by atoms with van der Waals surface area (Å²) in [6.07, 6.45) is 18.6. The number of aliphatic hydroxyl groups excluding tert-OH is 1. The monoisotopic (exact) mass is 402 g/mol. The van der Waals surface area contributed by atoms with Crippen LogP contribution in [0.25, 0.3) is 0 Å². The van der Waals surface area contributed by atoms with Gasteiger partial charge in [0.25, 0.3) is 0 Å². The third-order valence-electron chi connectivity index (χ3n) is 6.36. The zero-order valence-electron chi connectivity index (χ0n) is 17.9. The summed E-state index contributed by atoms with van der Waals surface area (Å²) in [6.45, 7) is 4.39. The van der Waals surface area contributed by atoms with E-state index in [4.69, 9.17) is 4.84 Å². The molecular formula is C24H38N2O3. The van der Waals surface area contributed by atoms with Crippen LogP contribution in [0.2, 0.25) is 0 Å². The summed E-state index contributed by atoms with van der Waals surface area (Å²) >= 11 is 0. The molecule has 1 unspecified atom stereocenters. The molecule has 0 aromatic rings. The predicted molar refractivity (Wildman–Crippen MR) is 116 cm³/mol. The number of allylic oxidation sites excluding steroid dienone is 5. The number of rotatable bonds is 11. The summed E-state index contributed by atoms with van der Waals surface area (Å²) in [6, 6.07) is 0. The molecule has 5 heteroatoms. The zero-order valence-corrected chi connectivity index (χ0v) is 17.9. The molecule has 3 rings (SSSR count). The van der Waals surface area contributed by atoms with Gasteiger partial charge in [-0.2, -0.15) is 0 Å². The second kappa shape index (κ2) is 11.6. The molecule has 1 saturated heterocycles. The van der Waals surface area contributed by atoms with Gasteiger partial charge in [0.1, 0.15) is 0 Å². The number of carbonyl (C=O) groups is 1. The summed E-state index contributed by atoms with van der Waals surface area (Å²) in [5.41, 5.74) is 5.50. The Morgan fingerprint density at radius 2 is 2.17 bits per heavy atom. The number of piperidine rings is 1. The van der Waals surface area contributed by atoms with Gasteiger partial charge in [0, 0.05) is 24.7 Å². The van der Waals surface area contributed by atoms with Gasteiger partial charge in [-0.15, -0.1) is 0 Å². The average Bonchev–Trinajstić information content (AvgIpc) is 3.31. The van der Waals surface area contributed by atoms with E-state index in [0.717, 1.165) is 57.3 Å². The van der Waals surface area contributed by atoms with Crippen molar-refractivity contribution in [3.63, 3.8) is 0 Å². The molecule has 0 aromatic carbocycles. The largest absolute Gasteiger partial charge is 0.389 e. The van der Waals surface area contributed by atoms with E-state index in [9.17, 15) is 9.90 Å². The number of nitrogens with one attached hydrogen (secondary N) is 1. The smallest absolute Gasteiger partial charge is 0.224 e. The van der Waals surface area contributed by atoms with Crippen LogP contribution in [0.4, 0.5) is 0 Å². The van der Waals surface area contributed by atoms with E-state index >= 15 is 0 Å². The van der Waals surface area contributed by atoms with Crippen LogP contribution in [0.5, 0.6) is 0 Å². The minimum Gasteiger partial charge on any atom is -0.389 e. The number of hydrogen-bond acceptors (Lipinski definition) is 4. The van der Waals surface area contributed by atoms with E-state index in [-0.39, 0.29) is 12.0 Å². The number of hydroxylamine groups is 1. The topological polar surface area (TPSA) is 61.8 Å². The molecule has 29 heavy (non-hydrogen) atoms.